The number of rotatable bonds is 47. The molecule has 410 valence electrons. The van der Waals surface area contributed by atoms with Crippen LogP contribution in [0.5, 0.6) is 0 Å². The number of amides is 1. The molecular formula is C57H104F2N2O9. The number of ether oxygens (including phenoxy) is 3. The summed E-state index contributed by atoms with van der Waals surface area (Å²) >= 11 is 0. The number of unbranched alkanes of at least 4 members (excludes halogenated alkanes) is 34. The molecule has 1 aromatic carbocycles. The van der Waals surface area contributed by atoms with Crippen molar-refractivity contribution in [1.29, 1.82) is 0 Å². The van der Waals surface area contributed by atoms with E-state index in [4.69, 9.17) is 14.2 Å². The van der Waals surface area contributed by atoms with E-state index in [0.29, 0.717) is 13.0 Å². The predicted octanol–water partition coefficient (Wildman–Crippen LogP) is 13.5. The molecule has 0 aromatic heterocycles. The summed E-state index contributed by atoms with van der Waals surface area (Å²) in [7, 11) is 0. The summed E-state index contributed by atoms with van der Waals surface area (Å²) < 4.78 is 44.8. The fourth-order valence-corrected chi connectivity index (χ4v) is 9.59. The van der Waals surface area contributed by atoms with Crippen LogP contribution in [0.2, 0.25) is 0 Å². The summed E-state index contributed by atoms with van der Waals surface area (Å²) in [6, 6.07) is 2.33. The maximum Gasteiger partial charge on any atom is 0.411 e. The first-order valence-electron chi connectivity index (χ1n) is 28.9. The van der Waals surface area contributed by atoms with E-state index in [1.54, 1.807) is 0 Å². The first-order chi connectivity index (χ1) is 34.1. The van der Waals surface area contributed by atoms with E-state index in [1.807, 2.05) is 5.32 Å². The molecular weight excluding hydrogens is 895 g/mol. The molecule has 1 aliphatic rings. The largest absolute Gasteiger partial charge is 0.446 e. The second-order valence-corrected chi connectivity index (χ2v) is 20.6. The van der Waals surface area contributed by atoms with Crippen LogP contribution in [0.15, 0.2) is 18.2 Å². The zero-order valence-electron chi connectivity index (χ0n) is 44.3. The molecule has 7 N–H and O–H groups in total. The summed E-state index contributed by atoms with van der Waals surface area (Å²) in [4.78, 5) is 12.4. The van der Waals surface area contributed by atoms with Gasteiger partial charge in [-0.1, -0.05) is 245 Å². The Kier molecular flexibility index (Phi) is 39.8. The molecule has 11 nitrogen and oxygen atoms in total. The molecule has 1 saturated heterocycles. The van der Waals surface area contributed by atoms with E-state index in [-0.39, 0.29) is 6.61 Å². The Morgan fingerprint density at radius 3 is 1.37 bits per heavy atom. The van der Waals surface area contributed by atoms with Gasteiger partial charge in [-0.25, -0.2) is 13.6 Å². The summed E-state index contributed by atoms with van der Waals surface area (Å²) in [6.45, 7) is 4.23. The first-order valence-corrected chi connectivity index (χ1v) is 28.9. The van der Waals surface area contributed by atoms with Crippen LogP contribution in [0.4, 0.5) is 19.3 Å². The minimum absolute atomic E-state index is 0.207. The number of carbonyl (C=O) groups is 1. The molecule has 0 spiro atoms. The lowest BCUT2D eigenvalue weighted by Crippen LogP contribution is -2.60. The van der Waals surface area contributed by atoms with Gasteiger partial charge >= 0.3 is 6.09 Å². The van der Waals surface area contributed by atoms with Crippen molar-refractivity contribution in [2.45, 2.75) is 300 Å². The quantitative estimate of drug-likeness (QED) is 0.0312. The SMILES string of the molecule is CCCCCCCCCCCCCCCCCCCCCCCCCCN[C@@H](CO[C@@H]1O[C@H](COC(=O)Nc2c(F)cccc2F)[C@H](O)[C@H](O)[C@H]1O)[C@H](O)[C@H](O)CCCCCCCCCCCCCC. The fourth-order valence-electron chi connectivity index (χ4n) is 9.59. The van der Waals surface area contributed by atoms with Gasteiger partial charge in [-0.05, 0) is 31.5 Å². The van der Waals surface area contributed by atoms with Gasteiger partial charge in [-0.15, -0.1) is 0 Å². The van der Waals surface area contributed by atoms with Crippen molar-refractivity contribution in [2.24, 2.45) is 0 Å². The summed E-state index contributed by atoms with van der Waals surface area (Å²) in [5.74, 6) is -2.02. The number of anilines is 1. The van der Waals surface area contributed by atoms with Crippen molar-refractivity contribution in [1.82, 2.24) is 5.32 Å². The van der Waals surface area contributed by atoms with Gasteiger partial charge in [0, 0.05) is 0 Å². The lowest BCUT2D eigenvalue weighted by molar-refractivity contribution is -0.302. The highest BCUT2D eigenvalue weighted by Crippen LogP contribution is 2.25. The Labute approximate surface area is 424 Å². The summed E-state index contributed by atoms with van der Waals surface area (Å²) in [5.41, 5.74) is -0.710. The third-order valence-electron chi connectivity index (χ3n) is 14.3. The second-order valence-electron chi connectivity index (χ2n) is 20.6. The Balaban J connectivity index is 1.70. The average molecular weight is 999 g/mol. The number of benzene rings is 1. The van der Waals surface area contributed by atoms with Crippen LogP contribution in [0.1, 0.15) is 251 Å². The number of halogens is 2. The Morgan fingerprint density at radius 1 is 0.571 bits per heavy atom. The maximum absolute atomic E-state index is 14.0. The van der Waals surface area contributed by atoms with Gasteiger partial charge in [0.1, 0.15) is 48.3 Å². The molecule has 70 heavy (non-hydrogen) atoms. The van der Waals surface area contributed by atoms with Crippen LogP contribution in [0, 0.1) is 11.6 Å². The minimum Gasteiger partial charge on any atom is -0.446 e. The topological polar surface area (TPSA) is 170 Å². The van der Waals surface area contributed by atoms with E-state index in [1.165, 1.54) is 186 Å². The smallest absolute Gasteiger partial charge is 0.411 e. The first kappa shape index (κ1) is 64.1. The number of nitrogens with one attached hydrogen (secondary N) is 2. The molecule has 2 rings (SSSR count). The van der Waals surface area contributed by atoms with Crippen LogP contribution in [-0.2, 0) is 14.2 Å². The van der Waals surface area contributed by atoms with Crippen molar-refractivity contribution < 1.29 is 53.3 Å². The molecule has 1 aromatic rings. The fraction of sp³-hybridized carbons (Fsp3) is 0.877. The number of hydrogen-bond acceptors (Lipinski definition) is 10. The number of aliphatic hydroxyl groups excluding tert-OH is 5. The zero-order valence-corrected chi connectivity index (χ0v) is 44.3. The van der Waals surface area contributed by atoms with Crippen molar-refractivity contribution in [2.75, 3.05) is 25.1 Å². The number of para-hydroxylation sites is 1. The van der Waals surface area contributed by atoms with E-state index < -0.39 is 79.0 Å². The molecule has 0 saturated carbocycles. The van der Waals surface area contributed by atoms with Gasteiger partial charge in [0.15, 0.2) is 6.29 Å². The van der Waals surface area contributed by atoms with Crippen molar-refractivity contribution in [3.8, 4) is 0 Å². The molecule has 13 heteroatoms. The summed E-state index contributed by atoms with van der Waals surface area (Å²) in [5, 5.41) is 59.9. The highest BCUT2D eigenvalue weighted by Gasteiger charge is 2.45. The van der Waals surface area contributed by atoms with Gasteiger partial charge < -0.3 is 45.1 Å². The van der Waals surface area contributed by atoms with Gasteiger partial charge in [0.25, 0.3) is 0 Å². The van der Waals surface area contributed by atoms with Crippen LogP contribution in [0.25, 0.3) is 0 Å². The molecule has 1 aliphatic heterocycles. The normalized spacial score (nSPS) is 19.6. The van der Waals surface area contributed by atoms with E-state index >= 15 is 0 Å². The van der Waals surface area contributed by atoms with Crippen LogP contribution in [0.3, 0.4) is 0 Å². The Hall–Kier alpha value is -1.97. The van der Waals surface area contributed by atoms with Gasteiger partial charge in [0.2, 0.25) is 0 Å². The highest BCUT2D eigenvalue weighted by molar-refractivity contribution is 5.84. The summed E-state index contributed by atoms with van der Waals surface area (Å²) in [6.07, 6.45) is 35.0. The van der Waals surface area contributed by atoms with E-state index in [0.717, 1.165) is 63.1 Å². The van der Waals surface area contributed by atoms with Crippen LogP contribution >= 0.6 is 0 Å². The predicted molar refractivity (Wildman–Crippen MR) is 280 cm³/mol. The van der Waals surface area contributed by atoms with Crippen molar-refractivity contribution in [3.63, 3.8) is 0 Å². The Morgan fingerprint density at radius 2 is 0.957 bits per heavy atom. The van der Waals surface area contributed by atoms with E-state index in [9.17, 15) is 39.1 Å². The van der Waals surface area contributed by atoms with Gasteiger partial charge in [-0.3, -0.25) is 5.32 Å². The third-order valence-corrected chi connectivity index (χ3v) is 14.3. The average Bonchev–Trinajstić information content (AvgIpc) is 3.35. The molecule has 0 radical (unpaired) electrons. The monoisotopic (exact) mass is 999 g/mol. The standard InChI is InChI=1S/C57H104F2N2O9/c1-3-5-7-9-11-13-15-17-18-19-20-21-22-23-24-25-26-27-28-30-32-34-36-38-43-60-48(52(63)49(62)42-37-35-33-31-29-16-14-12-10-8-6-4-2)44-68-56-55(66)54(65)53(64)50(70-56)45-69-57(67)61-51-46(58)40-39-41-47(51)59/h39-41,48-50,52-56,60,62-66H,3-38,42-45H2,1-2H3,(H,61,67)/t48-,49+,50+,52-,53-,54-,55+,56+/m0/s1. The number of aliphatic hydroxyl groups is 5. The zero-order chi connectivity index (χ0) is 50.9. The molecule has 0 bridgehead atoms. The third kappa shape index (κ3) is 30.9. The lowest BCUT2D eigenvalue weighted by atomic mass is 9.98. The van der Waals surface area contributed by atoms with Crippen LogP contribution < -0.4 is 10.6 Å². The molecule has 0 aliphatic carbocycles. The second kappa shape index (κ2) is 43.4. The molecule has 1 amide bonds. The minimum atomic E-state index is -1.74. The number of carbonyl (C=O) groups excluding carboxylic acids is 1. The van der Waals surface area contributed by atoms with Crippen molar-refractivity contribution in [3.05, 3.63) is 29.8 Å². The lowest BCUT2D eigenvalue weighted by Gasteiger charge is -2.40. The maximum atomic E-state index is 14.0. The highest BCUT2D eigenvalue weighted by atomic mass is 19.1. The molecule has 1 heterocycles. The van der Waals surface area contributed by atoms with Gasteiger partial charge in [0.05, 0.1) is 24.9 Å². The molecule has 1 fully saturated rings. The van der Waals surface area contributed by atoms with Crippen molar-refractivity contribution >= 4 is 11.8 Å². The van der Waals surface area contributed by atoms with Crippen LogP contribution in [-0.4, -0.2) is 100 Å². The Bertz CT molecular complexity index is 1350. The molecule has 0 unspecified atom stereocenters. The number of hydrogen-bond donors (Lipinski definition) is 7. The van der Waals surface area contributed by atoms with Gasteiger partial charge in [-0.2, -0.15) is 0 Å². The molecule has 8 atom stereocenters. The van der Waals surface area contributed by atoms with E-state index in [2.05, 4.69) is 19.2 Å².